The van der Waals surface area contributed by atoms with E-state index >= 15 is 0 Å². The maximum absolute atomic E-state index is 13.8. The zero-order valence-corrected chi connectivity index (χ0v) is 24.6. The van der Waals surface area contributed by atoms with E-state index in [9.17, 15) is 14.4 Å². The van der Waals surface area contributed by atoms with E-state index < -0.39 is 6.09 Å². The summed E-state index contributed by atoms with van der Waals surface area (Å²) in [5, 5.41) is 2.64. The van der Waals surface area contributed by atoms with Crippen molar-refractivity contribution in [3.05, 3.63) is 52.1 Å². The molecule has 2 amide bonds. The molecule has 2 heterocycles. The van der Waals surface area contributed by atoms with E-state index in [4.69, 9.17) is 14.2 Å². The smallest absolute Gasteiger partial charge is 0.414 e. The number of halogens is 1. The molecule has 2 aromatic carbocycles. The third-order valence-electron chi connectivity index (χ3n) is 6.75. The maximum atomic E-state index is 13.8. The van der Waals surface area contributed by atoms with Crippen LogP contribution in [0.1, 0.15) is 65.1 Å². The number of benzene rings is 2. The van der Waals surface area contributed by atoms with Crippen molar-refractivity contribution in [3.8, 4) is 11.5 Å². The van der Waals surface area contributed by atoms with Crippen LogP contribution in [0, 0.1) is 0 Å². The Morgan fingerprint density at radius 2 is 1.95 bits per heavy atom. The fourth-order valence-electron chi connectivity index (χ4n) is 4.85. The van der Waals surface area contributed by atoms with E-state index in [1.807, 2.05) is 44.7 Å². The van der Waals surface area contributed by atoms with E-state index in [0.717, 1.165) is 16.7 Å². The van der Waals surface area contributed by atoms with Crippen LogP contribution in [0.15, 0.2) is 28.3 Å². The quantitative estimate of drug-likeness (QED) is 0.445. The molecule has 10 nitrogen and oxygen atoms in total. The molecular weight excluding hydrogens is 568 g/mol. The molecule has 0 bridgehead atoms. The van der Waals surface area contributed by atoms with Gasteiger partial charge in [-0.1, -0.05) is 20.8 Å². The Balaban J connectivity index is 1.71. The summed E-state index contributed by atoms with van der Waals surface area (Å²) in [5.41, 5.74) is 3.43. The van der Waals surface area contributed by atoms with Crippen molar-refractivity contribution in [2.45, 2.75) is 39.7 Å². The van der Waals surface area contributed by atoms with E-state index in [1.54, 1.807) is 26.3 Å². The van der Waals surface area contributed by atoms with Crippen LogP contribution in [0.5, 0.6) is 11.5 Å². The number of rotatable bonds is 8. The number of nitrogens with one attached hydrogen (secondary N) is 1. The number of ketones is 1. The van der Waals surface area contributed by atoms with Crippen molar-refractivity contribution in [2.24, 2.45) is 4.02 Å². The maximum Gasteiger partial charge on any atom is 0.414 e. The summed E-state index contributed by atoms with van der Waals surface area (Å²) in [6.45, 7) is 9.41. The van der Waals surface area contributed by atoms with E-state index in [1.165, 1.54) is 4.90 Å². The molecule has 2 aromatic rings. The first-order valence-corrected chi connectivity index (χ1v) is 13.4. The van der Waals surface area contributed by atoms with Crippen molar-refractivity contribution >= 4 is 45.5 Å². The number of Topliss-reactive ketones (excluding diaryl/α,β-unsaturated/α-hetero) is 1. The lowest BCUT2D eigenvalue weighted by Crippen LogP contribution is -2.31. The fourth-order valence-corrected chi connectivity index (χ4v) is 5.27. The molecule has 11 heteroatoms. The van der Waals surface area contributed by atoms with Gasteiger partial charge in [0.25, 0.3) is 5.91 Å². The minimum Gasteiger partial charge on any atom is -0.494 e. The monoisotopic (exact) mass is 600 g/mol. The highest BCUT2D eigenvalue weighted by molar-refractivity contribution is 9.08. The molecule has 1 fully saturated rings. The summed E-state index contributed by atoms with van der Waals surface area (Å²) in [6.07, 6.45) is -0.474. The third kappa shape index (κ3) is 5.45. The summed E-state index contributed by atoms with van der Waals surface area (Å²) in [7, 11) is 3.12. The van der Waals surface area contributed by atoms with Gasteiger partial charge in [0.1, 0.15) is 23.9 Å². The van der Waals surface area contributed by atoms with Gasteiger partial charge in [0.05, 0.1) is 54.2 Å². The Labute approximate surface area is 236 Å². The number of anilines is 1. The zero-order chi connectivity index (χ0) is 28.5. The van der Waals surface area contributed by atoms with Gasteiger partial charge in [0.2, 0.25) is 0 Å². The van der Waals surface area contributed by atoms with Gasteiger partial charge < -0.3 is 24.4 Å². The zero-order valence-electron chi connectivity index (χ0n) is 23.0. The van der Waals surface area contributed by atoms with Crippen LogP contribution in [0.2, 0.25) is 0 Å². The van der Waals surface area contributed by atoms with Crippen LogP contribution in [0.4, 0.5) is 10.5 Å². The lowest BCUT2D eigenvalue weighted by molar-refractivity contribution is 0.0953. The number of cyclic esters (lactones) is 1. The molecule has 2 aliphatic rings. The number of carbonyl (C=O) groups excluding carboxylic acids is 3. The lowest BCUT2D eigenvalue weighted by Gasteiger charge is -2.27. The van der Waals surface area contributed by atoms with Crippen LogP contribution in [-0.2, 0) is 16.7 Å². The highest BCUT2D eigenvalue weighted by Crippen LogP contribution is 2.41. The number of methoxy groups -OCH3 is 1. The second-order valence-electron chi connectivity index (χ2n) is 10.3. The van der Waals surface area contributed by atoms with E-state index in [2.05, 4.69) is 25.5 Å². The van der Waals surface area contributed by atoms with Gasteiger partial charge in [0, 0.05) is 30.3 Å². The Morgan fingerprint density at radius 1 is 1.21 bits per heavy atom. The number of hydrogen-bond donors (Lipinski definition) is 1. The van der Waals surface area contributed by atoms with Gasteiger partial charge in [-0.25, -0.2) is 4.79 Å². The van der Waals surface area contributed by atoms with Crippen molar-refractivity contribution in [1.82, 2.24) is 10.2 Å². The van der Waals surface area contributed by atoms with Crippen molar-refractivity contribution in [1.29, 1.82) is 0 Å². The van der Waals surface area contributed by atoms with Gasteiger partial charge in [-0.3, -0.25) is 14.5 Å². The molecular formula is C28H33BrN4O6. The Kier molecular flexibility index (Phi) is 8.20. The molecule has 0 radical (unpaired) electrons. The largest absolute Gasteiger partial charge is 0.494 e. The SMILES string of the molecule is CCOc1cc2c(cc1C(=O)NC)C(=NBr)N(CC(=O)c1cc(N3CCOC3=O)c(OC)c(C(C)(C)C)c1)C2. The molecule has 0 unspecified atom stereocenters. The highest BCUT2D eigenvalue weighted by Gasteiger charge is 2.34. The van der Waals surface area contributed by atoms with Gasteiger partial charge >= 0.3 is 6.09 Å². The molecule has 1 saturated heterocycles. The molecule has 0 atom stereocenters. The third-order valence-corrected chi connectivity index (χ3v) is 7.08. The number of amides is 2. The average Bonchev–Trinajstić information content (AvgIpc) is 3.48. The number of carbonyl (C=O) groups is 3. The molecule has 0 aromatic heterocycles. The molecule has 0 spiro atoms. The minimum absolute atomic E-state index is 0.0260. The van der Waals surface area contributed by atoms with Gasteiger partial charge in [0.15, 0.2) is 5.78 Å². The second-order valence-corrected chi connectivity index (χ2v) is 10.7. The molecule has 39 heavy (non-hydrogen) atoms. The predicted molar refractivity (Wildman–Crippen MR) is 152 cm³/mol. The summed E-state index contributed by atoms with van der Waals surface area (Å²) < 4.78 is 20.9. The van der Waals surface area contributed by atoms with Gasteiger partial charge in [-0.2, -0.15) is 4.02 Å². The fraction of sp³-hybridized carbons (Fsp3) is 0.429. The van der Waals surface area contributed by atoms with Crippen LogP contribution in [0.25, 0.3) is 0 Å². The van der Waals surface area contributed by atoms with Gasteiger partial charge in [-0.05, 0) is 42.2 Å². The van der Waals surface area contributed by atoms with Crippen LogP contribution in [-0.4, -0.2) is 69.0 Å². The number of ether oxygens (including phenoxy) is 3. The Hall–Kier alpha value is -3.60. The number of fused-ring (bicyclic) bond motifs is 1. The summed E-state index contributed by atoms with van der Waals surface area (Å²) >= 11 is 3.21. The normalized spacial score (nSPS) is 15.9. The summed E-state index contributed by atoms with van der Waals surface area (Å²) in [6, 6.07) is 7.09. The molecule has 0 aliphatic carbocycles. The second kappa shape index (κ2) is 11.3. The Morgan fingerprint density at radius 3 is 2.51 bits per heavy atom. The Bertz CT molecular complexity index is 1350. The standard InChI is InChI=1S/C28H33BrN4O6/c1-7-38-23-12-17-14-32(25(31-29)18(17)13-19(23)26(35)30-5)15-22(34)16-10-20(28(2,3)4)24(37-6)21(11-16)33-8-9-39-27(33)36/h10-13H,7-9,14-15H2,1-6H3,(H,30,35). The summed E-state index contributed by atoms with van der Waals surface area (Å²) in [4.78, 5) is 42.1. The molecule has 0 saturated carbocycles. The van der Waals surface area contributed by atoms with Crippen molar-refractivity contribution < 1.29 is 28.6 Å². The summed E-state index contributed by atoms with van der Waals surface area (Å²) in [5.74, 6) is 1.13. The first-order valence-electron chi connectivity index (χ1n) is 12.7. The minimum atomic E-state index is -0.474. The topological polar surface area (TPSA) is 110 Å². The molecule has 208 valence electrons. The van der Waals surface area contributed by atoms with E-state index in [0.29, 0.717) is 53.8 Å². The van der Waals surface area contributed by atoms with Crippen LogP contribution >= 0.6 is 16.1 Å². The average molecular weight is 601 g/mol. The molecule has 2 aliphatic heterocycles. The molecule has 1 N–H and O–H groups in total. The first kappa shape index (κ1) is 28.4. The highest BCUT2D eigenvalue weighted by atomic mass is 79.9. The van der Waals surface area contributed by atoms with Crippen molar-refractivity contribution in [2.75, 3.05) is 45.4 Å². The first-order chi connectivity index (χ1) is 18.5. The van der Waals surface area contributed by atoms with Crippen LogP contribution in [0.3, 0.4) is 0 Å². The van der Waals surface area contributed by atoms with Gasteiger partial charge in [-0.15, -0.1) is 0 Å². The predicted octanol–water partition coefficient (Wildman–Crippen LogP) is 4.46. The van der Waals surface area contributed by atoms with Crippen LogP contribution < -0.4 is 19.7 Å². The van der Waals surface area contributed by atoms with Crippen molar-refractivity contribution in [3.63, 3.8) is 0 Å². The number of nitrogens with zero attached hydrogens (tertiary/aromatic N) is 3. The number of hydrogen-bond acceptors (Lipinski definition) is 7. The lowest BCUT2D eigenvalue weighted by atomic mass is 9.84. The number of amidine groups is 1. The molecule has 4 rings (SSSR count). The van der Waals surface area contributed by atoms with E-state index in [-0.39, 0.29) is 30.3 Å².